The van der Waals surface area contributed by atoms with Crippen LogP contribution in [0.1, 0.15) is 97.0 Å². The van der Waals surface area contributed by atoms with Gasteiger partial charge in [0.1, 0.15) is 0 Å². The van der Waals surface area contributed by atoms with Crippen molar-refractivity contribution < 1.29 is 14.3 Å². The minimum absolute atomic E-state index is 0.109. The highest BCUT2D eigenvalue weighted by Crippen LogP contribution is 2.64. The van der Waals surface area contributed by atoms with Gasteiger partial charge in [0, 0.05) is 24.9 Å². The summed E-state index contributed by atoms with van der Waals surface area (Å²) in [5.41, 5.74) is 6.21. The molecule has 8 atom stereocenters. The van der Waals surface area contributed by atoms with E-state index >= 15 is 0 Å². The van der Waals surface area contributed by atoms with Gasteiger partial charge in [0.25, 0.3) is 0 Å². The molecule has 1 aromatic rings. The monoisotopic (exact) mass is 584 g/mol. The first-order chi connectivity index (χ1) is 20.8. The molecule has 1 aromatic carbocycles. The lowest BCUT2D eigenvalue weighted by molar-refractivity contribution is -0.124. The Bertz CT molecular complexity index is 1300. The zero-order valence-electron chi connectivity index (χ0n) is 26.7. The van der Waals surface area contributed by atoms with Crippen molar-refractivity contribution in [2.45, 2.75) is 116 Å². The Labute approximate surface area is 258 Å². The van der Waals surface area contributed by atoms with Crippen molar-refractivity contribution in [3.05, 3.63) is 58.7 Å². The Morgan fingerprint density at radius 2 is 1.95 bits per heavy atom. The molecule has 4 aliphatic carbocycles. The average molecular weight is 585 g/mol. The van der Waals surface area contributed by atoms with Crippen LogP contribution in [-0.2, 0) is 20.7 Å². The van der Waals surface area contributed by atoms with Gasteiger partial charge in [0.15, 0.2) is 5.78 Å². The van der Waals surface area contributed by atoms with E-state index in [9.17, 15) is 9.59 Å². The molecular weight excluding hydrogens is 532 g/mol. The lowest BCUT2D eigenvalue weighted by Gasteiger charge is -2.48. The van der Waals surface area contributed by atoms with Crippen LogP contribution in [0.2, 0.25) is 0 Å². The molecule has 2 saturated carbocycles. The Kier molecular flexibility index (Phi) is 7.95. The number of fused-ring (bicyclic) bond motifs is 6. The Balaban J connectivity index is 1.02. The summed E-state index contributed by atoms with van der Waals surface area (Å²) in [7, 11) is 0. The van der Waals surface area contributed by atoms with Crippen molar-refractivity contribution >= 4 is 11.7 Å². The van der Waals surface area contributed by atoms with Crippen molar-refractivity contribution in [2.24, 2.45) is 29.1 Å². The molecule has 7 rings (SSSR count). The molecule has 2 saturated heterocycles. The molecule has 5 nitrogen and oxygen atoms in total. The molecule has 2 aliphatic heterocycles. The van der Waals surface area contributed by atoms with Crippen LogP contribution in [0.4, 0.5) is 0 Å². The van der Waals surface area contributed by atoms with Crippen LogP contribution in [0.15, 0.2) is 53.1 Å². The van der Waals surface area contributed by atoms with Crippen LogP contribution < -0.4 is 5.32 Å². The lowest BCUT2D eigenvalue weighted by atomic mass is 9.56. The van der Waals surface area contributed by atoms with E-state index in [1.807, 2.05) is 12.1 Å². The maximum Gasteiger partial charge on any atom is 0.234 e. The van der Waals surface area contributed by atoms with Gasteiger partial charge >= 0.3 is 0 Å². The normalized spacial score (nSPS) is 39.0. The van der Waals surface area contributed by atoms with E-state index in [1.165, 1.54) is 30.4 Å². The number of nitrogens with one attached hydrogen (secondary N) is 1. The molecule has 1 amide bonds. The summed E-state index contributed by atoms with van der Waals surface area (Å²) in [6, 6.07) is 10.9. The quantitative estimate of drug-likeness (QED) is 0.295. The Morgan fingerprint density at radius 3 is 2.79 bits per heavy atom. The molecule has 4 fully saturated rings. The van der Waals surface area contributed by atoms with E-state index in [4.69, 9.17) is 4.74 Å². The SMILES string of the molecule is CC1=C2CC3C(CCC4=CC(=O)CCC43C)C2CCC2(C1)OC1CCCN(CC(=O)NCCCc3ccccc3)C1C2C. The van der Waals surface area contributed by atoms with E-state index in [0.717, 1.165) is 76.8 Å². The lowest BCUT2D eigenvalue weighted by Crippen LogP contribution is -2.52. The number of nitrogens with zero attached hydrogens (tertiary/aromatic N) is 1. The number of hydrogen-bond donors (Lipinski definition) is 1. The first-order valence-electron chi connectivity index (χ1n) is 17.4. The van der Waals surface area contributed by atoms with Gasteiger partial charge in [-0.2, -0.15) is 0 Å². The Hall–Kier alpha value is -2.24. The predicted molar refractivity (Wildman–Crippen MR) is 170 cm³/mol. The van der Waals surface area contributed by atoms with Crippen LogP contribution in [-0.4, -0.2) is 54.0 Å². The molecule has 0 radical (unpaired) electrons. The minimum atomic E-state index is -0.109. The van der Waals surface area contributed by atoms with Crippen LogP contribution in [0, 0.1) is 29.1 Å². The molecular formula is C38H52N2O3. The smallest absolute Gasteiger partial charge is 0.234 e. The molecule has 1 N–H and O–H groups in total. The number of hydrogen-bond acceptors (Lipinski definition) is 4. The second-order valence-electron chi connectivity index (χ2n) is 15.2. The second kappa shape index (κ2) is 11.6. The van der Waals surface area contributed by atoms with E-state index < -0.39 is 0 Å². The summed E-state index contributed by atoms with van der Waals surface area (Å²) in [5, 5.41) is 3.21. The summed E-state index contributed by atoms with van der Waals surface area (Å²) < 4.78 is 7.18. The van der Waals surface area contributed by atoms with Gasteiger partial charge < -0.3 is 10.1 Å². The van der Waals surface area contributed by atoms with Crippen LogP contribution in [0.25, 0.3) is 0 Å². The number of likely N-dealkylation sites (tertiary alicyclic amines) is 1. The van der Waals surface area contributed by atoms with Crippen LogP contribution in [0.5, 0.6) is 0 Å². The highest BCUT2D eigenvalue weighted by Gasteiger charge is 2.59. The summed E-state index contributed by atoms with van der Waals surface area (Å²) in [5.74, 6) is 3.03. The maximum atomic E-state index is 13.1. The molecule has 232 valence electrons. The van der Waals surface area contributed by atoms with Gasteiger partial charge in [-0.25, -0.2) is 0 Å². The van der Waals surface area contributed by atoms with Gasteiger partial charge in [0.05, 0.1) is 18.2 Å². The number of rotatable bonds is 6. The number of aryl methyl sites for hydroxylation is 1. The van der Waals surface area contributed by atoms with E-state index in [1.54, 1.807) is 11.1 Å². The van der Waals surface area contributed by atoms with Crippen LogP contribution in [0.3, 0.4) is 0 Å². The fourth-order valence-electron chi connectivity index (χ4n) is 10.8. The van der Waals surface area contributed by atoms with Gasteiger partial charge in [0.2, 0.25) is 5.91 Å². The third-order valence-electron chi connectivity index (χ3n) is 13.1. The average Bonchev–Trinajstić information content (AvgIpc) is 3.47. The van der Waals surface area contributed by atoms with Crippen molar-refractivity contribution in [3.8, 4) is 0 Å². The largest absolute Gasteiger partial charge is 0.369 e. The topological polar surface area (TPSA) is 58.6 Å². The van der Waals surface area contributed by atoms with Crippen molar-refractivity contribution in [1.29, 1.82) is 0 Å². The van der Waals surface area contributed by atoms with Gasteiger partial charge in [-0.3, -0.25) is 14.5 Å². The zero-order valence-corrected chi connectivity index (χ0v) is 26.7. The summed E-state index contributed by atoms with van der Waals surface area (Å²) in [4.78, 5) is 27.8. The number of amides is 1. The molecule has 5 heteroatoms. The first kappa shape index (κ1) is 29.5. The van der Waals surface area contributed by atoms with Gasteiger partial charge in [-0.05, 0) is 119 Å². The summed E-state index contributed by atoms with van der Waals surface area (Å²) in [6.07, 6.45) is 15.2. The second-order valence-corrected chi connectivity index (χ2v) is 15.2. The minimum Gasteiger partial charge on any atom is -0.369 e. The number of ketones is 1. The van der Waals surface area contributed by atoms with E-state index in [2.05, 4.69) is 55.3 Å². The van der Waals surface area contributed by atoms with E-state index in [0.29, 0.717) is 36.1 Å². The van der Waals surface area contributed by atoms with Crippen molar-refractivity contribution in [2.75, 3.05) is 19.6 Å². The fourth-order valence-corrected chi connectivity index (χ4v) is 10.8. The highest BCUT2D eigenvalue weighted by molar-refractivity contribution is 5.91. The maximum absolute atomic E-state index is 13.1. The third-order valence-corrected chi connectivity index (χ3v) is 13.1. The fraction of sp³-hybridized carbons (Fsp3) is 0.684. The number of allylic oxidation sites excluding steroid dienone is 3. The molecule has 8 unspecified atom stereocenters. The molecule has 2 heterocycles. The molecule has 0 bridgehead atoms. The van der Waals surface area contributed by atoms with Crippen LogP contribution >= 0.6 is 0 Å². The number of ether oxygens (including phenoxy) is 1. The predicted octanol–water partition coefficient (Wildman–Crippen LogP) is 6.82. The molecule has 43 heavy (non-hydrogen) atoms. The number of benzene rings is 1. The standard InChI is InChI=1S/C38H52N2O3/c1-25-23-38(18-16-30-31-14-13-28-21-29(41)15-17-37(28,3)33(31)22-32(25)30)26(2)36-34(43-38)12-8-20-40(36)24-35(42)39-19-7-11-27-9-5-4-6-10-27/h4-6,9-10,21,26,30-31,33-34,36H,7-8,11-20,22-24H2,1-3H3,(H,39,42). The highest BCUT2D eigenvalue weighted by atomic mass is 16.5. The number of carbonyl (C=O) groups is 2. The first-order valence-corrected chi connectivity index (χ1v) is 17.4. The van der Waals surface area contributed by atoms with Crippen molar-refractivity contribution in [1.82, 2.24) is 10.2 Å². The zero-order chi connectivity index (χ0) is 29.8. The molecule has 1 spiro atoms. The van der Waals surface area contributed by atoms with Gasteiger partial charge in [-0.1, -0.05) is 60.9 Å². The van der Waals surface area contributed by atoms with Crippen molar-refractivity contribution in [3.63, 3.8) is 0 Å². The Morgan fingerprint density at radius 1 is 1.12 bits per heavy atom. The summed E-state index contributed by atoms with van der Waals surface area (Å²) in [6.45, 7) is 9.53. The third kappa shape index (κ3) is 5.27. The van der Waals surface area contributed by atoms with Gasteiger partial charge in [-0.15, -0.1) is 0 Å². The number of carbonyl (C=O) groups excluding carboxylic acids is 2. The summed E-state index contributed by atoms with van der Waals surface area (Å²) >= 11 is 0. The molecule has 0 aromatic heterocycles. The molecule has 6 aliphatic rings. The van der Waals surface area contributed by atoms with E-state index in [-0.39, 0.29) is 23.0 Å². The number of piperidine rings is 1.